The molecule has 0 aliphatic carbocycles. The van der Waals surface area contributed by atoms with Gasteiger partial charge in [-0.25, -0.2) is 14.4 Å². The molecular formula is C22H19B3FN5O. The van der Waals surface area contributed by atoms with Gasteiger partial charge in [0.05, 0.1) is 29.2 Å². The minimum Gasteiger partial charge on any atom is -0.343 e. The number of amides is 1. The third-order valence-corrected chi connectivity index (χ3v) is 5.24. The number of rotatable bonds is 5. The van der Waals surface area contributed by atoms with Gasteiger partial charge in [-0.2, -0.15) is 0 Å². The number of likely N-dealkylation sites (tertiary alicyclic amines) is 1. The summed E-state index contributed by atoms with van der Waals surface area (Å²) in [5.74, 6) is 0.0450. The van der Waals surface area contributed by atoms with Crippen molar-refractivity contribution in [1.29, 1.82) is 0 Å². The lowest BCUT2D eigenvalue weighted by atomic mass is 9.42. The van der Waals surface area contributed by atoms with Crippen molar-refractivity contribution in [1.82, 2.24) is 19.9 Å². The maximum absolute atomic E-state index is 13.7. The molecule has 1 aliphatic heterocycles. The Labute approximate surface area is 190 Å². The summed E-state index contributed by atoms with van der Waals surface area (Å²) in [5, 5.41) is 1.21. The molecule has 4 rings (SSSR count). The second kappa shape index (κ2) is 9.14. The molecule has 6 nitrogen and oxygen atoms in total. The molecule has 1 amide bonds. The van der Waals surface area contributed by atoms with Crippen molar-refractivity contribution in [3.05, 3.63) is 66.5 Å². The fraction of sp³-hybridized carbons (Fsp3) is 0.273. The lowest BCUT2D eigenvalue weighted by molar-refractivity contribution is -0.131. The zero-order chi connectivity index (χ0) is 22.7. The van der Waals surface area contributed by atoms with Crippen LogP contribution in [-0.2, 0) is 4.79 Å². The summed E-state index contributed by atoms with van der Waals surface area (Å²) in [4.78, 5) is 27.6. The van der Waals surface area contributed by atoms with E-state index in [1.165, 1.54) is 12.1 Å². The third-order valence-electron chi connectivity index (χ3n) is 5.24. The average Bonchev–Trinajstić information content (AvgIpc) is 2.78. The third kappa shape index (κ3) is 5.18. The minimum atomic E-state index is -1.93. The highest BCUT2D eigenvalue weighted by molar-refractivity contribution is 6.68. The highest BCUT2D eigenvalue weighted by Crippen LogP contribution is 2.30. The molecule has 3 heterocycles. The number of pyridine rings is 1. The highest BCUT2D eigenvalue weighted by Gasteiger charge is 2.31. The van der Waals surface area contributed by atoms with E-state index in [4.69, 9.17) is 28.5 Å². The number of hydrogen-bond acceptors (Lipinski definition) is 5. The molecule has 1 aromatic carbocycles. The minimum absolute atomic E-state index is 0.139. The first-order chi connectivity index (χ1) is 15.3. The van der Waals surface area contributed by atoms with Crippen molar-refractivity contribution in [2.24, 2.45) is 0 Å². The second-order valence-electron chi connectivity index (χ2n) is 7.90. The molecule has 1 N–H and O–H groups in total. The van der Waals surface area contributed by atoms with Crippen molar-refractivity contribution in [2.45, 2.75) is 23.9 Å². The number of benzene rings is 1. The van der Waals surface area contributed by atoms with Gasteiger partial charge in [0.2, 0.25) is 5.91 Å². The molecule has 6 radical (unpaired) electrons. The number of hydrogen-bond donors (Lipinski definition) is 1. The first-order valence-electron chi connectivity index (χ1n) is 10.3. The molecule has 2 aromatic heterocycles. The quantitative estimate of drug-likeness (QED) is 0.643. The SMILES string of the molecule is [B]C([B])([B])C(=O)N1CCCC(c2nc(Nc3cccc(F)c3)cc(-c3cccnc3)n2)C1. The molecule has 0 spiro atoms. The Balaban J connectivity index is 1.68. The van der Waals surface area contributed by atoms with E-state index in [1.54, 1.807) is 35.5 Å². The van der Waals surface area contributed by atoms with Crippen LogP contribution in [0.3, 0.4) is 0 Å². The summed E-state index contributed by atoms with van der Waals surface area (Å²) in [6.45, 7) is 0.863. The van der Waals surface area contributed by atoms with E-state index in [-0.39, 0.29) is 11.7 Å². The first kappa shape index (κ1) is 22.1. The molecule has 32 heavy (non-hydrogen) atoms. The molecule has 10 heteroatoms. The average molecular weight is 421 g/mol. The molecule has 1 aliphatic rings. The van der Waals surface area contributed by atoms with Crippen molar-refractivity contribution in [3.63, 3.8) is 0 Å². The first-order valence-corrected chi connectivity index (χ1v) is 10.3. The summed E-state index contributed by atoms with van der Waals surface area (Å²) in [6, 6.07) is 11.6. The molecular weight excluding hydrogens is 402 g/mol. The van der Waals surface area contributed by atoms with Crippen LogP contribution in [0, 0.1) is 5.82 Å². The number of carbonyl (C=O) groups is 1. The number of piperidine rings is 1. The molecule has 1 fully saturated rings. The lowest BCUT2D eigenvalue weighted by Crippen LogP contribution is -2.45. The Hall–Kier alpha value is -3.16. The van der Waals surface area contributed by atoms with Crippen LogP contribution in [0.5, 0.6) is 0 Å². The van der Waals surface area contributed by atoms with E-state index in [0.29, 0.717) is 36.1 Å². The Morgan fingerprint density at radius 3 is 2.72 bits per heavy atom. The largest absolute Gasteiger partial charge is 0.343 e. The summed E-state index contributed by atoms with van der Waals surface area (Å²) in [5.41, 5.74) is 2.04. The van der Waals surface area contributed by atoms with Gasteiger partial charge in [-0.1, -0.05) is 11.2 Å². The number of aromatic nitrogens is 3. The zero-order valence-electron chi connectivity index (χ0n) is 17.4. The van der Waals surface area contributed by atoms with Gasteiger partial charge in [0, 0.05) is 48.7 Å². The molecule has 0 saturated carbocycles. The summed E-state index contributed by atoms with van der Waals surface area (Å²) in [7, 11) is 16.8. The van der Waals surface area contributed by atoms with Gasteiger partial charge in [-0.15, -0.1) is 0 Å². The number of nitrogens with zero attached hydrogens (tertiary/aromatic N) is 4. The normalized spacial score (nSPS) is 16.5. The summed E-state index contributed by atoms with van der Waals surface area (Å²) in [6.07, 6.45) is 4.91. The van der Waals surface area contributed by atoms with Gasteiger partial charge >= 0.3 is 0 Å². The van der Waals surface area contributed by atoms with Crippen LogP contribution in [0.25, 0.3) is 11.3 Å². The molecule has 1 unspecified atom stereocenters. The molecule has 1 atom stereocenters. The molecule has 154 valence electrons. The fourth-order valence-corrected chi connectivity index (χ4v) is 3.73. The van der Waals surface area contributed by atoms with E-state index < -0.39 is 11.0 Å². The standard InChI is InChI=1S/C22H19B3FN5O/c23-22(24,25)21(32)31-9-3-5-15(13-31)20-29-18(14-4-2-8-27-12-14)11-19(30-20)28-17-7-1-6-16(26)10-17/h1-2,4,6-8,10-12,15H,3,5,9,13H2,(H,28,29,30). The van der Waals surface area contributed by atoms with E-state index in [2.05, 4.69) is 15.3 Å². The lowest BCUT2D eigenvalue weighted by Gasteiger charge is -2.36. The van der Waals surface area contributed by atoms with Crippen LogP contribution in [0.4, 0.5) is 15.9 Å². The summed E-state index contributed by atoms with van der Waals surface area (Å²) < 4.78 is 13.7. The van der Waals surface area contributed by atoms with E-state index in [0.717, 1.165) is 18.4 Å². The molecule has 3 aromatic rings. The molecule has 0 bridgehead atoms. The van der Waals surface area contributed by atoms with E-state index in [9.17, 15) is 9.18 Å². The second-order valence-corrected chi connectivity index (χ2v) is 7.90. The Kier molecular flexibility index (Phi) is 6.30. The van der Waals surface area contributed by atoms with Crippen molar-refractivity contribution >= 4 is 41.0 Å². The number of halogens is 1. The van der Waals surface area contributed by atoms with Crippen LogP contribution in [0.15, 0.2) is 54.9 Å². The van der Waals surface area contributed by atoms with Gasteiger partial charge in [0.15, 0.2) is 0 Å². The van der Waals surface area contributed by atoms with Crippen LogP contribution in [0.2, 0.25) is 5.11 Å². The van der Waals surface area contributed by atoms with Gasteiger partial charge in [-0.3, -0.25) is 9.78 Å². The molecule has 1 saturated heterocycles. The van der Waals surface area contributed by atoms with Crippen LogP contribution in [-0.4, -0.2) is 62.4 Å². The topological polar surface area (TPSA) is 71.0 Å². The Morgan fingerprint density at radius 1 is 1.16 bits per heavy atom. The monoisotopic (exact) mass is 421 g/mol. The fourth-order valence-electron chi connectivity index (χ4n) is 3.73. The maximum Gasteiger partial charge on any atom is 0.203 e. The van der Waals surface area contributed by atoms with E-state index >= 15 is 0 Å². The Bertz CT molecular complexity index is 1110. The predicted octanol–water partition coefficient (Wildman–Crippen LogP) is 2.71. The van der Waals surface area contributed by atoms with E-state index in [1.807, 2.05) is 12.1 Å². The van der Waals surface area contributed by atoms with Gasteiger partial charge in [-0.05, 0) is 43.2 Å². The van der Waals surface area contributed by atoms with Gasteiger partial charge < -0.3 is 10.2 Å². The number of carbonyl (C=O) groups excluding carboxylic acids is 1. The van der Waals surface area contributed by atoms with Crippen LogP contribution in [0.1, 0.15) is 24.6 Å². The predicted molar refractivity (Wildman–Crippen MR) is 123 cm³/mol. The van der Waals surface area contributed by atoms with Crippen LogP contribution >= 0.6 is 0 Å². The maximum atomic E-state index is 13.7. The van der Waals surface area contributed by atoms with Gasteiger partial charge in [0.25, 0.3) is 0 Å². The number of nitrogens with one attached hydrogen (secondary N) is 1. The van der Waals surface area contributed by atoms with Gasteiger partial charge in [0.1, 0.15) is 17.5 Å². The van der Waals surface area contributed by atoms with Crippen molar-refractivity contribution < 1.29 is 9.18 Å². The highest BCUT2D eigenvalue weighted by atomic mass is 19.1. The van der Waals surface area contributed by atoms with Crippen LogP contribution < -0.4 is 5.32 Å². The number of anilines is 2. The van der Waals surface area contributed by atoms with Crippen molar-refractivity contribution in [2.75, 3.05) is 18.4 Å². The van der Waals surface area contributed by atoms with Crippen molar-refractivity contribution in [3.8, 4) is 11.3 Å². The summed E-state index contributed by atoms with van der Waals surface area (Å²) >= 11 is 0. The Morgan fingerprint density at radius 2 is 2.00 bits per heavy atom. The smallest absolute Gasteiger partial charge is 0.203 e. The zero-order valence-corrected chi connectivity index (χ0v) is 17.4.